The molecule has 0 aliphatic carbocycles. The lowest BCUT2D eigenvalue weighted by Crippen LogP contribution is -2.45. The molecule has 0 bridgehead atoms. The third-order valence-corrected chi connectivity index (χ3v) is 4.10. The zero-order valence-electron chi connectivity index (χ0n) is 13.2. The number of amides is 2. The van der Waals surface area contributed by atoms with Crippen LogP contribution in [0.1, 0.15) is 23.7 Å². The largest absolute Gasteiger partial charge is 0.373 e. The summed E-state index contributed by atoms with van der Waals surface area (Å²) in [6.07, 6.45) is 2.21. The lowest BCUT2D eigenvalue weighted by Gasteiger charge is -2.25. The van der Waals surface area contributed by atoms with Gasteiger partial charge in [0.2, 0.25) is 5.91 Å². The quantitative estimate of drug-likeness (QED) is 0.864. The Morgan fingerprint density at radius 3 is 3.00 bits per heavy atom. The highest BCUT2D eigenvalue weighted by molar-refractivity contribution is 6.01. The summed E-state index contributed by atoms with van der Waals surface area (Å²) in [5.41, 5.74) is 1.22. The van der Waals surface area contributed by atoms with Crippen molar-refractivity contribution in [1.82, 2.24) is 20.2 Å². The van der Waals surface area contributed by atoms with Crippen LogP contribution in [0.5, 0.6) is 0 Å². The molecule has 0 radical (unpaired) electrons. The molecule has 120 valence electrons. The Balaban J connectivity index is 1.96. The second-order valence-corrected chi connectivity index (χ2v) is 5.52. The minimum absolute atomic E-state index is 0.114. The molecule has 1 saturated heterocycles. The maximum atomic E-state index is 12.8. The van der Waals surface area contributed by atoms with E-state index in [2.05, 4.69) is 20.6 Å². The number of carbonyl (C=O) groups excluding carboxylic acids is 2. The summed E-state index contributed by atoms with van der Waals surface area (Å²) in [5, 5.41) is 6.67. The topological polar surface area (TPSA) is 87.2 Å². The summed E-state index contributed by atoms with van der Waals surface area (Å²) >= 11 is 0. The van der Waals surface area contributed by atoms with Crippen molar-refractivity contribution in [2.24, 2.45) is 0 Å². The van der Waals surface area contributed by atoms with Gasteiger partial charge >= 0.3 is 0 Å². The number of aromatic nitrogens is 2. The summed E-state index contributed by atoms with van der Waals surface area (Å²) in [4.78, 5) is 34.7. The Hall–Kier alpha value is -2.70. The van der Waals surface area contributed by atoms with Crippen LogP contribution in [0.3, 0.4) is 0 Å². The van der Waals surface area contributed by atoms with Crippen LogP contribution in [0.15, 0.2) is 24.5 Å². The Morgan fingerprint density at radius 1 is 1.39 bits per heavy atom. The Morgan fingerprint density at radius 2 is 2.22 bits per heavy atom. The fraction of sp³-hybridized carbons (Fsp3) is 0.375. The molecule has 2 aromatic rings. The number of anilines is 1. The molecule has 1 fully saturated rings. The molecule has 3 rings (SSSR count). The van der Waals surface area contributed by atoms with Gasteiger partial charge in [0.05, 0.1) is 5.52 Å². The van der Waals surface area contributed by atoms with Crippen molar-refractivity contribution >= 4 is 28.5 Å². The van der Waals surface area contributed by atoms with Gasteiger partial charge in [-0.1, -0.05) is 0 Å². The van der Waals surface area contributed by atoms with E-state index in [-0.39, 0.29) is 11.8 Å². The third kappa shape index (κ3) is 2.81. The molecule has 2 heterocycles. The van der Waals surface area contributed by atoms with Crippen molar-refractivity contribution in [3.05, 3.63) is 30.1 Å². The van der Waals surface area contributed by atoms with E-state index < -0.39 is 6.04 Å². The van der Waals surface area contributed by atoms with Crippen LogP contribution < -0.4 is 10.6 Å². The molecule has 0 spiro atoms. The fourth-order valence-corrected chi connectivity index (χ4v) is 2.78. The first-order chi connectivity index (χ1) is 11.1. The zero-order valence-corrected chi connectivity index (χ0v) is 13.2. The van der Waals surface area contributed by atoms with Crippen LogP contribution in [-0.2, 0) is 4.79 Å². The van der Waals surface area contributed by atoms with Crippen LogP contribution in [0.25, 0.3) is 10.9 Å². The van der Waals surface area contributed by atoms with E-state index in [1.165, 1.54) is 6.33 Å². The van der Waals surface area contributed by atoms with Crippen LogP contribution in [0, 0.1) is 0 Å². The number of hydrogen-bond acceptors (Lipinski definition) is 5. The summed E-state index contributed by atoms with van der Waals surface area (Å²) in [6, 6.07) is 4.86. The molecule has 23 heavy (non-hydrogen) atoms. The number of rotatable bonds is 2. The average Bonchev–Trinajstić information content (AvgIpc) is 2.75. The van der Waals surface area contributed by atoms with Gasteiger partial charge in [-0.15, -0.1) is 0 Å². The van der Waals surface area contributed by atoms with Crippen LogP contribution >= 0.6 is 0 Å². The van der Waals surface area contributed by atoms with Gasteiger partial charge < -0.3 is 15.5 Å². The van der Waals surface area contributed by atoms with Crippen molar-refractivity contribution < 1.29 is 9.59 Å². The van der Waals surface area contributed by atoms with Gasteiger partial charge in [-0.25, -0.2) is 9.97 Å². The number of benzene rings is 1. The van der Waals surface area contributed by atoms with Gasteiger partial charge in [0.1, 0.15) is 18.2 Å². The first kappa shape index (κ1) is 15.2. The monoisotopic (exact) mass is 313 g/mol. The Bertz CT molecular complexity index is 761. The molecule has 1 unspecified atom stereocenters. The SMILES string of the molecule is CNc1ncnc2cc(C(=O)N3CCCNC(=O)C3C)ccc12. The highest BCUT2D eigenvalue weighted by Gasteiger charge is 2.28. The molecule has 1 aliphatic heterocycles. The van der Waals surface area contributed by atoms with E-state index in [1.807, 2.05) is 6.07 Å². The van der Waals surface area contributed by atoms with Crippen LogP contribution in [-0.4, -0.2) is 52.9 Å². The first-order valence-corrected chi connectivity index (χ1v) is 7.63. The molecule has 1 aromatic carbocycles. The summed E-state index contributed by atoms with van der Waals surface area (Å²) in [5.74, 6) is 0.453. The maximum absolute atomic E-state index is 12.8. The predicted molar refractivity (Wildman–Crippen MR) is 87.2 cm³/mol. The predicted octanol–water partition coefficient (Wildman–Crippen LogP) is 1.02. The second-order valence-electron chi connectivity index (χ2n) is 5.52. The zero-order chi connectivity index (χ0) is 16.4. The van der Waals surface area contributed by atoms with Crippen molar-refractivity contribution in [3.63, 3.8) is 0 Å². The van der Waals surface area contributed by atoms with Gasteiger partial charge in [0.25, 0.3) is 5.91 Å². The standard InChI is InChI=1S/C16H19N5O2/c1-10-15(22)18-6-3-7-21(10)16(23)11-4-5-12-13(8-11)19-9-20-14(12)17-2/h4-5,8-10H,3,6-7H2,1-2H3,(H,18,22)(H,17,19,20). The Labute approximate surface area is 134 Å². The minimum Gasteiger partial charge on any atom is -0.373 e. The lowest BCUT2D eigenvalue weighted by molar-refractivity contribution is -0.124. The van der Waals surface area contributed by atoms with Crippen molar-refractivity contribution in [1.29, 1.82) is 0 Å². The number of nitrogens with one attached hydrogen (secondary N) is 2. The number of fused-ring (bicyclic) bond motifs is 1. The smallest absolute Gasteiger partial charge is 0.254 e. The molecule has 7 nitrogen and oxygen atoms in total. The molecule has 2 amide bonds. The highest BCUT2D eigenvalue weighted by atomic mass is 16.2. The number of carbonyl (C=O) groups is 2. The summed E-state index contributed by atoms with van der Waals surface area (Å²) < 4.78 is 0. The molecule has 1 aromatic heterocycles. The van der Waals surface area contributed by atoms with E-state index in [0.717, 1.165) is 17.6 Å². The van der Waals surface area contributed by atoms with E-state index in [1.54, 1.807) is 31.0 Å². The minimum atomic E-state index is -0.473. The summed E-state index contributed by atoms with van der Waals surface area (Å²) in [7, 11) is 1.79. The first-order valence-electron chi connectivity index (χ1n) is 7.63. The van der Waals surface area contributed by atoms with E-state index in [4.69, 9.17) is 0 Å². The van der Waals surface area contributed by atoms with Crippen molar-refractivity contribution in [2.75, 3.05) is 25.5 Å². The maximum Gasteiger partial charge on any atom is 0.254 e. The van der Waals surface area contributed by atoms with Gasteiger partial charge in [0.15, 0.2) is 0 Å². The molecular formula is C16H19N5O2. The molecular weight excluding hydrogens is 294 g/mol. The molecule has 1 atom stereocenters. The fourth-order valence-electron chi connectivity index (χ4n) is 2.78. The van der Waals surface area contributed by atoms with Crippen molar-refractivity contribution in [2.45, 2.75) is 19.4 Å². The van der Waals surface area contributed by atoms with Gasteiger partial charge in [-0.05, 0) is 31.5 Å². The van der Waals surface area contributed by atoms with Gasteiger partial charge in [-0.3, -0.25) is 9.59 Å². The molecule has 2 N–H and O–H groups in total. The Kier molecular flexibility index (Phi) is 4.10. The van der Waals surface area contributed by atoms with E-state index in [9.17, 15) is 9.59 Å². The summed E-state index contributed by atoms with van der Waals surface area (Å²) in [6.45, 7) is 2.91. The highest BCUT2D eigenvalue weighted by Crippen LogP contribution is 2.21. The molecule has 0 saturated carbocycles. The van der Waals surface area contributed by atoms with Gasteiger partial charge in [0, 0.05) is 31.1 Å². The second kappa shape index (κ2) is 6.20. The number of nitrogens with zero attached hydrogens (tertiary/aromatic N) is 3. The van der Waals surface area contributed by atoms with Gasteiger partial charge in [-0.2, -0.15) is 0 Å². The normalized spacial score (nSPS) is 18.4. The van der Waals surface area contributed by atoms with Crippen LogP contribution in [0.2, 0.25) is 0 Å². The van der Waals surface area contributed by atoms with E-state index >= 15 is 0 Å². The van der Waals surface area contributed by atoms with Crippen LogP contribution in [0.4, 0.5) is 5.82 Å². The number of hydrogen-bond donors (Lipinski definition) is 2. The molecule has 7 heteroatoms. The lowest BCUT2D eigenvalue weighted by atomic mass is 10.1. The van der Waals surface area contributed by atoms with E-state index in [0.29, 0.717) is 24.2 Å². The third-order valence-electron chi connectivity index (χ3n) is 4.10. The molecule has 1 aliphatic rings. The van der Waals surface area contributed by atoms with Crippen molar-refractivity contribution in [3.8, 4) is 0 Å². The average molecular weight is 313 g/mol.